The number of benzene rings is 1. The minimum atomic E-state index is 0.176. The molecule has 1 aromatic carbocycles. The highest BCUT2D eigenvalue weighted by atomic mass is 15.4. The summed E-state index contributed by atoms with van der Waals surface area (Å²) in [6.07, 6.45) is 5.47. The maximum absolute atomic E-state index is 4.51. The van der Waals surface area contributed by atoms with E-state index in [1.165, 1.54) is 0 Å². The fraction of sp³-hybridized carbons (Fsp3) is 0.308. The first kappa shape index (κ1) is 11.9. The second kappa shape index (κ2) is 4.47. The average molecular weight is 256 g/mol. The third-order valence-corrected chi connectivity index (χ3v) is 3.39. The van der Waals surface area contributed by atoms with Gasteiger partial charge in [0, 0.05) is 5.39 Å². The number of para-hydroxylation sites is 1. The molecule has 3 rings (SSSR count). The lowest BCUT2D eigenvalue weighted by Gasteiger charge is -2.21. The van der Waals surface area contributed by atoms with E-state index in [1.54, 1.807) is 12.7 Å². The topological polar surface area (TPSA) is 51.8 Å². The van der Waals surface area contributed by atoms with Crippen molar-refractivity contribution in [3.8, 4) is 5.69 Å². The molecule has 0 spiro atoms. The molecule has 2 aromatic heterocycles. The second-order valence-electron chi connectivity index (χ2n) is 4.77. The highest BCUT2D eigenvalue weighted by molar-refractivity contribution is 5.86. The van der Waals surface area contributed by atoms with Crippen molar-refractivity contribution in [2.75, 3.05) is 14.1 Å². The minimum Gasteiger partial charge on any atom is -0.288 e. The Bertz CT molecular complexity index is 682. The van der Waals surface area contributed by atoms with E-state index in [2.05, 4.69) is 33.2 Å². The van der Waals surface area contributed by atoms with Crippen molar-refractivity contribution in [2.45, 2.75) is 13.1 Å². The van der Waals surface area contributed by atoms with Gasteiger partial charge in [-0.3, -0.25) is 9.47 Å². The summed E-state index contributed by atoms with van der Waals surface area (Å²) in [4.78, 5) is 2.12. The molecule has 1 atom stereocenters. The predicted molar refractivity (Wildman–Crippen MR) is 73.0 cm³/mol. The number of rotatable bonds is 3. The van der Waals surface area contributed by atoms with Gasteiger partial charge in [0.05, 0.1) is 17.4 Å². The third-order valence-electron chi connectivity index (χ3n) is 3.39. The highest BCUT2D eigenvalue weighted by Gasteiger charge is 2.15. The van der Waals surface area contributed by atoms with Gasteiger partial charge in [-0.25, -0.2) is 4.68 Å². The lowest BCUT2D eigenvalue weighted by molar-refractivity contribution is 0.226. The van der Waals surface area contributed by atoms with Gasteiger partial charge < -0.3 is 0 Å². The van der Waals surface area contributed by atoms with Crippen LogP contribution in [0.4, 0.5) is 0 Å². The van der Waals surface area contributed by atoms with Gasteiger partial charge in [0.25, 0.3) is 0 Å². The van der Waals surface area contributed by atoms with Gasteiger partial charge in [0.2, 0.25) is 0 Å². The van der Waals surface area contributed by atoms with Crippen LogP contribution in [-0.2, 0) is 0 Å². The van der Waals surface area contributed by atoms with Crippen LogP contribution in [0, 0.1) is 0 Å². The first-order valence-corrected chi connectivity index (χ1v) is 6.16. The summed E-state index contributed by atoms with van der Waals surface area (Å²) in [5.41, 5.74) is 2.12. The normalized spacial score (nSPS) is 13.3. The number of hydrogen-bond donors (Lipinski definition) is 0. The van der Waals surface area contributed by atoms with Crippen LogP contribution in [0.3, 0.4) is 0 Å². The maximum atomic E-state index is 4.51. The molecule has 0 aliphatic carbocycles. The molecule has 0 saturated heterocycles. The van der Waals surface area contributed by atoms with Gasteiger partial charge in [0.15, 0.2) is 0 Å². The lowest BCUT2D eigenvalue weighted by atomic mass is 10.2. The van der Waals surface area contributed by atoms with Crippen LogP contribution in [-0.4, -0.2) is 43.5 Å². The van der Waals surface area contributed by atoms with Crippen molar-refractivity contribution in [3.63, 3.8) is 0 Å². The molecular weight excluding hydrogens is 240 g/mol. The Morgan fingerprint density at radius 2 is 1.89 bits per heavy atom. The molecule has 0 bridgehead atoms. The van der Waals surface area contributed by atoms with Gasteiger partial charge in [-0.05, 0) is 27.1 Å². The fourth-order valence-corrected chi connectivity index (χ4v) is 2.12. The van der Waals surface area contributed by atoms with Gasteiger partial charge >= 0.3 is 0 Å². The van der Waals surface area contributed by atoms with Gasteiger partial charge in [-0.15, -0.1) is 10.2 Å². The van der Waals surface area contributed by atoms with Crippen molar-refractivity contribution in [1.82, 2.24) is 29.4 Å². The van der Waals surface area contributed by atoms with Gasteiger partial charge in [-0.1, -0.05) is 12.1 Å². The molecule has 0 aliphatic heterocycles. The van der Waals surface area contributed by atoms with Gasteiger partial charge in [0.1, 0.15) is 18.8 Å². The molecule has 0 amide bonds. The SMILES string of the molecule is CC(N(C)C)n1ncc2cccc(-n3cnnc3)c21. The van der Waals surface area contributed by atoms with Crippen LogP contribution in [0.2, 0.25) is 0 Å². The standard InChI is InChI=1S/C13H16N6/c1-10(17(2)3)19-13-11(7-16-19)5-4-6-12(13)18-8-14-15-9-18/h4-10H,1-3H3. The van der Waals surface area contributed by atoms with E-state index >= 15 is 0 Å². The van der Waals surface area contributed by atoms with Crippen LogP contribution in [0.15, 0.2) is 37.1 Å². The molecule has 0 N–H and O–H groups in total. The summed E-state index contributed by atoms with van der Waals surface area (Å²) >= 11 is 0. The first-order valence-electron chi connectivity index (χ1n) is 6.16. The zero-order valence-electron chi connectivity index (χ0n) is 11.2. The summed E-state index contributed by atoms with van der Waals surface area (Å²) in [5, 5.41) is 13.4. The van der Waals surface area contributed by atoms with E-state index in [9.17, 15) is 0 Å². The molecule has 19 heavy (non-hydrogen) atoms. The van der Waals surface area contributed by atoms with Crippen LogP contribution in [0.1, 0.15) is 13.1 Å². The fourth-order valence-electron chi connectivity index (χ4n) is 2.12. The van der Waals surface area contributed by atoms with E-state index in [1.807, 2.05) is 41.7 Å². The molecule has 0 radical (unpaired) electrons. The Labute approximate surface area is 111 Å². The zero-order valence-corrected chi connectivity index (χ0v) is 11.2. The van der Waals surface area contributed by atoms with Crippen molar-refractivity contribution >= 4 is 10.9 Å². The molecule has 3 aromatic rings. The number of fused-ring (bicyclic) bond motifs is 1. The summed E-state index contributed by atoms with van der Waals surface area (Å²) < 4.78 is 3.92. The Hall–Kier alpha value is -2.21. The molecule has 6 nitrogen and oxygen atoms in total. The molecule has 1 unspecified atom stereocenters. The third kappa shape index (κ3) is 1.90. The van der Waals surface area contributed by atoms with E-state index in [4.69, 9.17) is 0 Å². The van der Waals surface area contributed by atoms with E-state index in [0.29, 0.717) is 0 Å². The lowest BCUT2D eigenvalue weighted by Crippen LogP contribution is -2.24. The average Bonchev–Trinajstić information content (AvgIpc) is 3.06. The summed E-state index contributed by atoms with van der Waals surface area (Å²) in [5.74, 6) is 0. The minimum absolute atomic E-state index is 0.176. The van der Waals surface area contributed by atoms with Crippen molar-refractivity contribution in [3.05, 3.63) is 37.1 Å². The number of aromatic nitrogens is 5. The quantitative estimate of drug-likeness (QED) is 0.715. The van der Waals surface area contributed by atoms with Gasteiger partial charge in [-0.2, -0.15) is 5.10 Å². The first-order chi connectivity index (χ1) is 9.18. The van der Waals surface area contributed by atoms with Crippen molar-refractivity contribution < 1.29 is 0 Å². The summed E-state index contributed by atoms with van der Waals surface area (Å²) in [6.45, 7) is 2.12. The Morgan fingerprint density at radius 1 is 1.16 bits per heavy atom. The van der Waals surface area contributed by atoms with E-state index < -0.39 is 0 Å². The molecule has 0 fully saturated rings. The second-order valence-corrected chi connectivity index (χ2v) is 4.77. The largest absolute Gasteiger partial charge is 0.288 e. The van der Waals surface area contributed by atoms with Crippen molar-refractivity contribution in [1.29, 1.82) is 0 Å². The molecule has 0 aliphatic rings. The monoisotopic (exact) mass is 256 g/mol. The van der Waals surface area contributed by atoms with Crippen LogP contribution >= 0.6 is 0 Å². The van der Waals surface area contributed by atoms with E-state index in [0.717, 1.165) is 16.6 Å². The Morgan fingerprint density at radius 3 is 2.58 bits per heavy atom. The zero-order chi connectivity index (χ0) is 13.4. The Balaban J connectivity index is 2.26. The van der Waals surface area contributed by atoms with E-state index in [-0.39, 0.29) is 6.17 Å². The predicted octanol–water partition coefficient (Wildman–Crippen LogP) is 1.70. The smallest absolute Gasteiger partial charge is 0.123 e. The van der Waals surface area contributed by atoms with Crippen LogP contribution < -0.4 is 0 Å². The molecule has 2 heterocycles. The Kier molecular flexibility index (Phi) is 2.79. The number of hydrogen-bond acceptors (Lipinski definition) is 4. The molecule has 98 valence electrons. The molecule has 0 saturated carbocycles. The highest BCUT2D eigenvalue weighted by Crippen LogP contribution is 2.25. The molecular formula is C13H16N6. The van der Waals surface area contributed by atoms with Crippen LogP contribution in [0.5, 0.6) is 0 Å². The number of nitrogens with zero attached hydrogens (tertiary/aromatic N) is 6. The van der Waals surface area contributed by atoms with Crippen LogP contribution in [0.25, 0.3) is 16.6 Å². The summed E-state index contributed by atoms with van der Waals surface area (Å²) in [6, 6.07) is 6.13. The molecule has 6 heteroatoms. The summed E-state index contributed by atoms with van der Waals surface area (Å²) in [7, 11) is 4.08. The van der Waals surface area contributed by atoms with Crippen molar-refractivity contribution in [2.24, 2.45) is 0 Å². The maximum Gasteiger partial charge on any atom is 0.123 e.